The Morgan fingerprint density at radius 3 is 2.57 bits per heavy atom. The van der Waals surface area contributed by atoms with Crippen LogP contribution in [0.25, 0.3) is 0 Å². The molecular weight excluding hydrogens is 427 g/mol. The molecule has 8 nitrogen and oxygen atoms in total. The van der Waals surface area contributed by atoms with Crippen LogP contribution < -0.4 is 15.0 Å². The molecule has 0 unspecified atom stereocenters. The van der Waals surface area contributed by atoms with E-state index >= 15 is 0 Å². The number of nitrogens with one attached hydrogen (secondary N) is 1. The van der Waals surface area contributed by atoms with Gasteiger partial charge in [0.05, 0.1) is 19.2 Å². The Balaban J connectivity index is 1.73. The molecule has 0 radical (unpaired) electrons. The first-order valence-corrected chi connectivity index (χ1v) is 9.30. The summed E-state index contributed by atoms with van der Waals surface area (Å²) < 4.78 is 43.0. The Hall–Kier alpha value is -2.95. The zero-order valence-corrected chi connectivity index (χ0v) is 16.7. The van der Waals surface area contributed by atoms with Gasteiger partial charge in [-0.3, -0.25) is 0 Å². The Kier molecular flexibility index (Phi) is 6.40. The molecule has 162 valence electrons. The lowest BCUT2D eigenvalue weighted by Gasteiger charge is -2.34. The van der Waals surface area contributed by atoms with E-state index in [2.05, 4.69) is 15.3 Å². The zero-order valence-electron chi connectivity index (χ0n) is 15.9. The highest BCUT2D eigenvalue weighted by atomic mass is 35.5. The second-order valence-corrected chi connectivity index (χ2v) is 6.93. The van der Waals surface area contributed by atoms with Gasteiger partial charge < -0.3 is 25.0 Å². The first kappa shape index (κ1) is 21.8. The molecule has 30 heavy (non-hydrogen) atoms. The quantitative estimate of drug-likeness (QED) is 0.677. The molecule has 0 aliphatic carbocycles. The van der Waals surface area contributed by atoms with Gasteiger partial charge in [0.15, 0.2) is 0 Å². The molecule has 2 aromatic rings. The largest absolute Gasteiger partial charge is 0.494 e. The minimum absolute atomic E-state index is 0.0343. The number of halogens is 4. The smallest absolute Gasteiger partial charge is 0.407 e. The molecule has 1 fully saturated rings. The van der Waals surface area contributed by atoms with Crippen molar-refractivity contribution < 1.29 is 27.8 Å². The van der Waals surface area contributed by atoms with Gasteiger partial charge in [0.25, 0.3) is 0 Å². The van der Waals surface area contributed by atoms with Crippen molar-refractivity contribution in [2.45, 2.75) is 12.6 Å². The number of hydrogen-bond donors (Lipinski definition) is 2. The van der Waals surface area contributed by atoms with Crippen LogP contribution in [-0.4, -0.2) is 65.5 Å². The van der Waals surface area contributed by atoms with Crippen molar-refractivity contribution in [1.82, 2.24) is 14.9 Å². The molecule has 1 saturated heterocycles. The fourth-order valence-corrected chi connectivity index (χ4v) is 3.23. The molecule has 1 amide bonds. The summed E-state index contributed by atoms with van der Waals surface area (Å²) in [6, 6.07) is 5.32. The van der Waals surface area contributed by atoms with Crippen LogP contribution in [0.5, 0.6) is 5.75 Å². The third-order valence-electron chi connectivity index (χ3n) is 4.55. The normalized spacial score (nSPS) is 14.6. The SMILES string of the molecule is COc1cc(N2CCN(C(=O)O)CC2)ccc1Nc1ncc(CC(F)(F)F)c(Cl)n1. The van der Waals surface area contributed by atoms with Gasteiger partial charge in [-0.15, -0.1) is 0 Å². The Labute approximate surface area is 175 Å². The van der Waals surface area contributed by atoms with E-state index in [0.717, 1.165) is 11.9 Å². The molecule has 0 spiro atoms. The molecule has 12 heteroatoms. The summed E-state index contributed by atoms with van der Waals surface area (Å²) in [5.41, 5.74) is 1.14. The lowest BCUT2D eigenvalue weighted by atomic mass is 10.2. The summed E-state index contributed by atoms with van der Waals surface area (Å²) >= 11 is 5.86. The summed E-state index contributed by atoms with van der Waals surface area (Å²) in [5, 5.41) is 11.7. The Morgan fingerprint density at radius 1 is 1.30 bits per heavy atom. The number of anilines is 3. The second-order valence-electron chi connectivity index (χ2n) is 6.57. The van der Waals surface area contributed by atoms with E-state index in [1.165, 1.54) is 12.0 Å². The third kappa shape index (κ3) is 5.35. The molecule has 1 aliphatic rings. The van der Waals surface area contributed by atoms with Gasteiger partial charge in [0, 0.05) is 49.7 Å². The van der Waals surface area contributed by atoms with Crippen LogP contribution in [0, 0.1) is 0 Å². The van der Waals surface area contributed by atoms with E-state index in [1.807, 2.05) is 11.0 Å². The molecule has 1 aromatic heterocycles. The molecule has 0 atom stereocenters. The summed E-state index contributed by atoms with van der Waals surface area (Å²) in [4.78, 5) is 22.2. The van der Waals surface area contributed by atoms with E-state index in [9.17, 15) is 18.0 Å². The van der Waals surface area contributed by atoms with Crippen LogP contribution in [-0.2, 0) is 6.42 Å². The molecule has 2 N–H and O–H groups in total. The summed E-state index contributed by atoms with van der Waals surface area (Å²) in [5.74, 6) is 0.499. The number of amides is 1. The number of aromatic nitrogens is 2. The van der Waals surface area contributed by atoms with Crippen molar-refractivity contribution >= 4 is 35.0 Å². The van der Waals surface area contributed by atoms with E-state index < -0.39 is 18.7 Å². The fraction of sp³-hybridized carbons (Fsp3) is 0.389. The van der Waals surface area contributed by atoms with Crippen LogP contribution in [0.3, 0.4) is 0 Å². The average molecular weight is 446 g/mol. The van der Waals surface area contributed by atoms with Crippen LogP contribution in [0.2, 0.25) is 5.15 Å². The maximum atomic E-state index is 12.5. The van der Waals surface area contributed by atoms with E-state index in [1.54, 1.807) is 12.1 Å². The lowest BCUT2D eigenvalue weighted by Crippen LogP contribution is -2.48. The van der Waals surface area contributed by atoms with Crippen molar-refractivity contribution in [3.05, 3.63) is 35.1 Å². The van der Waals surface area contributed by atoms with Gasteiger partial charge in [-0.25, -0.2) is 14.8 Å². The molecule has 3 rings (SSSR count). The molecular formula is C18H19ClF3N5O3. The summed E-state index contributed by atoms with van der Waals surface area (Å²) in [6.07, 6.45) is -5.52. The van der Waals surface area contributed by atoms with Crippen molar-refractivity contribution in [1.29, 1.82) is 0 Å². The van der Waals surface area contributed by atoms with Crippen LogP contribution >= 0.6 is 11.6 Å². The standard InChI is InChI=1S/C18H19ClF3N5O3/c1-30-14-8-12(26-4-6-27(7-5-26)17(28)29)2-3-13(14)24-16-23-10-11(15(19)25-16)9-18(20,21)22/h2-3,8,10H,4-7,9H2,1H3,(H,28,29)(H,23,24,25). The van der Waals surface area contributed by atoms with Crippen molar-refractivity contribution in [2.75, 3.05) is 43.5 Å². The topological polar surface area (TPSA) is 90.8 Å². The first-order valence-electron chi connectivity index (χ1n) is 8.92. The lowest BCUT2D eigenvalue weighted by molar-refractivity contribution is -0.127. The number of rotatable bonds is 5. The Bertz CT molecular complexity index is 920. The Morgan fingerprint density at radius 2 is 2.00 bits per heavy atom. The minimum Gasteiger partial charge on any atom is -0.494 e. The van der Waals surface area contributed by atoms with Gasteiger partial charge in [0.1, 0.15) is 10.9 Å². The van der Waals surface area contributed by atoms with Gasteiger partial charge in [-0.2, -0.15) is 13.2 Å². The third-order valence-corrected chi connectivity index (χ3v) is 4.88. The molecule has 1 aliphatic heterocycles. The molecule has 0 saturated carbocycles. The van der Waals surface area contributed by atoms with Crippen molar-refractivity contribution in [3.63, 3.8) is 0 Å². The average Bonchev–Trinajstić information content (AvgIpc) is 2.69. The highest BCUT2D eigenvalue weighted by molar-refractivity contribution is 6.30. The number of benzene rings is 1. The summed E-state index contributed by atoms with van der Waals surface area (Å²) in [7, 11) is 1.48. The van der Waals surface area contributed by atoms with E-state index in [0.29, 0.717) is 37.6 Å². The monoisotopic (exact) mass is 445 g/mol. The van der Waals surface area contributed by atoms with Crippen molar-refractivity contribution in [2.24, 2.45) is 0 Å². The maximum absolute atomic E-state index is 12.5. The number of piperazine rings is 1. The van der Waals surface area contributed by atoms with Crippen molar-refractivity contribution in [3.8, 4) is 5.75 Å². The predicted molar refractivity (Wildman–Crippen MR) is 105 cm³/mol. The predicted octanol–water partition coefficient (Wildman–Crippen LogP) is 3.79. The minimum atomic E-state index is -4.41. The van der Waals surface area contributed by atoms with E-state index in [-0.39, 0.29) is 16.7 Å². The summed E-state index contributed by atoms with van der Waals surface area (Å²) in [6.45, 7) is 1.88. The van der Waals surface area contributed by atoms with Gasteiger partial charge >= 0.3 is 12.3 Å². The van der Waals surface area contributed by atoms with E-state index in [4.69, 9.17) is 21.4 Å². The fourth-order valence-electron chi connectivity index (χ4n) is 3.04. The molecule has 1 aromatic carbocycles. The second kappa shape index (κ2) is 8.82. The van der Waals surface area contributed by atoms with Gasteiger partial charge in [-0.05, 0) is 12.1 Å². The van der Waals surface area contributed by atoms with Gasteiger partial charge in [0.2, 0.25) is 5.95 Å². The number of alkyl halides is 3. The number of methoxy groups -OCH3 is 1. The van der Waals surface area contributed by atoms with Crippen LogP contribution in [0.4, 0.5) is 35.3 Å². The number of carbonyl (C=O) groups is 1. The maximum Gasteiger partial charge on any atom is 0.407 e. The van der Waals surface area contributed by atoms with Gasteiger partial charge in [-0.1, -0.05) is 11.6 Å². The molecule has 2 heterocycles. The van der Waals surface area contributed by atoms with Crippen LogP contribution in [0.1, 0.15) is 5.56 Å². The highest BCUT2D eigenvalue weighted by Gasteiger charge is 2.29. The first-order chi connectivity index (χ1) is 14.2. The van der Waals surface area contributed by atoms with Crippen LogP contribution in [0.15, 0.2) is 24.4 Å². The molecule has 0 bridgehead atoms. The number of carboxylic acid groups (broad SMARTS) is 1. The number of nitrogens with zero attached hydrogens (tertiary/aromatic N) is 4. The highest BCUT2D eigenvalue weighted by Crippen LogP contribution is 2.32. The number of hydrogen-bond acceptors (Lipinski definition) is 6. The number of ether oxygens (including phenoxy) is 1. The zero-order chi connectivity index (χ0) is 21.9.